The summed E-state index contributed by atoms with van der Waals surface area (Å²) in [7, 11) is 0. The van der Waals surface area contributed by atoms with E-state index < -0.39 is 5.97 Å². The molecule has 1 aromatic carbocycles. The van der Waals surface area contributed by atoms with E-state index in [2.05, 4.69) is 5.10 Å². The van der Waals surface area contributed by atoms with Crippen molar-refractivity contribution >= 4 is 5.97 Å². The quantitative estimate of drug-likeness (QED) is 0.916. The third-order valence-corrected chi connectivity index (χ3v) is 3.39. The van der Waals surface area contributed by atoms with Gasteiger partial charge in [0.05, 0.1) is 17.6 Å². The molecule has 100 valence electrons. The summed E-state index contributed by atoms with van der Waals surface area (Å²) in [5.41, 5.74) is 4.31. The minimum atomic E-state index is -0.917. The van der Waals surface area contributed by atoms with Crippen LogP contribution in [0.5, 0.6) is 0 Å². The lowest BCUT2D eigenvalue weighted by Gasteiger charge is -2.12. The number of rotatable bonds is 4. The molecule has 1 aromatic heterocycles. The first-order valence-electron chi connectivity index (χ1n) is 6.43. The molecule has 0 amide bonds. The number of aromatic nitrogens is 2. The number of aryl methyl sites for hydroxylation is 1. The fraction of sp³-hybridized carbons (Fsp3) is 0.333. The second kappa shape index (κ2) is 5.26. The maximum absolute atomic E-state index is 11.2. The van der Waals surface area contributed by atoms with Crippen molar-refractivity contribution in [2.24, 2.45) is 0 Å². The second-order valence-corrected chi connectivity index (χ2v) is 4.69. The molecular weight excluding hydrogens is 240 g/mol. The Balaban J connectivity index is 2.62. The van der Waals surface area contributed by atoms with Crippen LogP contribution in [0.4, 0.5) is 0 Å². The van der Waals surface area contributed by atoms with E-state index in [9.17, 15) is 9.90 Å². The maximum Gasteiger partial charge on any atom is 0.339 e. The molecule has 0 bridgehead atoms. The highest BCUT2D eigenvalue weighted by molar-refractivity contribution is 5.88. The summed E-state index contributed by atoms with van der Waals surface area (Å²) >= 11 is 0. The van der Waals surface area contributed by atoms with Gasteiger partial charge in [0.2, 0.25) is 0 Å². The fourth-order valence-electron chi connectivity index (χ4n) is 2.20. The van der Waals surface area contributed by atoms with E-state index in [0.29, 0.717) is 12.0 Å². The highest BCUT2D eigenvalue weighted by Crippen LogP contribution is 2.21. The Hall–Kier alpha value is -2.10. The average Bonchev–Trinajstić information content (AvgIpc) is 2.77. The summed E-state index contributed by atoms with van der Waals surface area (Å²) in [5.74, 6) is -0.917. The van der Waals surface area contributed by atoms with Gasteiger partial charge in [-0.3, -0.25) is 0 Å². The van der Waals surface area contributed by atoms with Crippen molar-refractivity contribution in [3.8, 4) is 5.69 Å². The third kappa shape index (κ3) is 2.38. The van der Waals surface area contributed by atoms with Crippen molar-refractivity contribution in [2.45, 2.75) is 33.6 Å². The summed E-state index contributed by atoms with van der Waals surface area (Å²) in [6.45, 7) is 6.11. The minimum absolute atomic E-state index is 0.294. The number of carboxylic acid groups (broad SMARTS) is 1. The maximum atomic E-state index is 11.2. The van der Waals surface area contributed by atoms with Gasteiger partial charge in [-0.1, -0.05) is 25.5 Å². The molecule has 0 radical (unpaired) electrons. The van der Waals surface area contributed by atoms with Gasteiger partial charge in [0.15, 0.2) is 0 Å². The van der Waals surface area contributed by atoms with Gasteiger partial charge in [0.1, 0.15) is 5.56 Å². The van der Waals surface area contributed by atoms with Gasteiger partial charge >= 0.3 is 5.97 Å². The molecule has 0 fully saturated rings. The molecular formula is C15H18N2O2. The van der Waals surface area contributed by atoms with Gasteiger partial charge < -0.3 is 5.11 Å². The van der Waals surface area contributed by atoms with E-state index in [0.717, 1.165) is 23.4 Å². The Labute approximate surface area is 112 Å². The zero-order valence-corrected chi connectivity index (χ0v) is 11.5. The number of carboxylic acids is 1. The van der Waals surface area contributed by atoms with Gasteiger partial charge in [-0.15, -0.1) is 0 Å². The minimum Gasteiger partial charge on any atom is -0.478 e. The van der Waals surface area contributed by atoms with Crippen molar-refractivity contribution in [1.82, 2.24) is 9.78 Å². The number of carbonyl (C=O) groups is 1. The molecule has 4 heteroatoms. The Morgan fingerprint density at radius 1 is 1.37 bits per heavy atom. The van der Waals surface area contributed by atoms with Crippen molar-refractivity contribution in [3.05, 3.63) is 46.8 Å². The van der Waals surface area contributed by atoms with E-state index >= 15 is 0 Å². The van der Waals surface area contributed by atoms with Crippen LogP contribution in [-0.4, -0.2) is 20.9 Å². The number of hydrogen-bond acceptors (Lipinski definition) is 2. The van der Waals surface area contributed by atoms with Crippen LogP contribution in [0.15, 0.2) is 24.4 Å². The van der Waals surface area contributed by atoms with Gasteiger partial charge in [0.25, 0.3) is 0 Å². The Bertz CT molecular complexity index is 615. The summed E-state index contributed by atoms with van der Waals surface area (Å²) in [6.07, 6.45) is 3.03. The molecule has 4 nitrogen and oxygen atoms in total. The number of benzene rings is 1. The Morgan fingerprint density at radius 3 is 2.74 bits per heavy atom. The first-order valence-corrected chi connectivity index (χ1v) is 6.43. The number of aromatic carboxylic acids is 1. The third-order valence-electron chi connectivity index (χ3n) is 3.39. The van der Waals surface area contributed by atoms with E-state index in [1.165, 1.54) is 11.8 Å². The highest BCUT2D eigenvalue weighted by Gasteiger charge is 2.17. The van der Waals surface area contributed by atoms with Crippen LogP contribution in [0.2, 0.25) is 0 Å². The predicted octanol–water partition coefficient (Wildman–Crippen LogP) is 3.14. The molecule has 0 aliphatic carbocycles. The van der Waals surface area contributed by atoms with Crippen LogP contribution >= 0.6 is 0 Å². The van der Waals surface area contributed by atoms with Gasteiger partial charge in [-0.05, 0) is 37.5 Å². The van der Waals surface area contributed by atoms with E-state index in [-0.39, 0.29) is 0 Å². The second-order valence-electron chi connectivity index (χ2n) is 4.69. The van der Waals surface area contributed by atoms with Crippen molar-refractivity contribution in [2.75, 3.05) is 0 Å². The number of nitrogens with zero attached hydrogens (tertiary/aromatic N) is 2. The normalized spacial score (nSPS) is 10.7. The largest absolute Gasteiger partial charge is 0.478 e. The molecule has 0 aliphatic rings. The van der Waals surface area contributed by atoms with E-state index in [1.54, 1.807) is 4.68 Å². The molecule has 0 saturated carbocycles. The molecule has 0 unspecified atom stereocenters. The lowest BCUT2D eigenvalue weighted by atomic mass is 10.1. The van der Waals surface area contributed by atoms with Crippen LogP contribution in [0.3, 0.4) is 0 Å². The molecule has 0 atom stereocenters. The topological polar surface area (TPSA) is 55.1 Å². The van der Waals surface area contributed by atoms with Crippen LogP contribution in [-0.2, 0) is 6.42 Å². The van der Waals surface area contributed by atoms with Crippen molar-refractivity contribution < 1.29 is 9.90 Å². The van der Waals surface area contributed by atoms with Crippen LogP contribution in [0.1, 0.15) is 40.5 Å². The molecule has 2 rings (SSSR count). The first-order chi connectivity index (χ1) is 9.06. The monoisotopic (exact) mass is 258 g/mol. The summed E-state index contributed by atoms with van der Waals surface area (Å²) in [5, 5.41) is 13.5. The van der Waals surface area contributed by atoms with Gasteiger partial charge in [-0.25, -0.2) is 9.48 Å². The first kappa shape index (κ1) is 13.3. The smallest absolute Gasteiger partial charge is 0.339 e. The van der Waals surface area contributed by atoms with Crippen LogP contribution in [0, 0.1) is 13.8 Å². The molecule has 1 heterocycles. The highest BCUT2D eigenvalue weighted by atomic mass is 16.4. The zero-order chi connectivity index (χ0) is 14.0. The molecule has 0 spiro atoms. The Morgan fingerprint density at radius 2 is 2.11 bits per heavy atom. The molecule has 19 heavy (non-hydrogen) atoms. The Kier molecular flexibility index (Phi) is 3.69. The lowest BCUT2D eigenvalue weighted by Crippen LogP contribution is -2.08. The predicted molar refractivity (Wildman–Crippen MR) is 74.0 cm³/mol. The van der Waals surface area contributed by atoms with E-state index in [4.69, 9.17) is 0 Å². The summed E-state index contributed by atoms with van der Waals surface area (Å²) in [4.78, 5) is 11.2. The van der Waals surface area contributed by atoms with Crippen LogP contribution < -0.4 is 0 Å². The van der Waals surface area contributed by atoms with Gasteiger partial charge in [-0.2, -0.15) is 5.10 Å². The fourth-order valence-corrected chi connectivity index (χ4v) is 2.20. The SMILES string of the molecule is CCCc1c(C(=O)O)cnn1-c1cccc(C)c1C. The van der Waals surface area contributed by atoms with Crippen LogP contribution in [0.25, 0.3) is 5.69 Å². The molecule has 0 saturated heterocycles. The zero-order valence-electron chi connectivity index (χ0n) is 11.5. The van der Waals surface area contributed by atoms with E-state index in [1.807, 2.05) is 39.0 Å². The van der Waals surface area contributed by atoms with Crippen molar-refractivity contribution in [3.63, 3.8) is 0 Å². The molecule has 1 N–H and O–H groups in total. The number of hydrogen-bond donors (Lipinski definition) is 1. The standard InChI is InChI=1S/C15H18N2O2/c1-4-6-14-12(15(18)19)9-16-17(14)13-8-5-7-10(2)11(13)3/h5,7-9H,4,6H2,1-3H3,(H,18,19). The summed E-state index contributed by atoms with van der Waals surface area (Å²) in [6, 6.07) is 5.98. The lowest BCUT2D eigenvalue weighted by molar-refractivity contribution is 0.0695. The molecule has 2 aromatic rings. The van der Waals surface area contributed by atoms with Crippen molar-refractivity contribution in [1.29, 1.82) is 0 Å². The van der Waals surface area contributed by atoms with Gasteiger partial charge in [0, 0.05) is 0 Å². The summed E-state index contributed by atoms with van der Waals surface area (Å²) < 4.78 is 1.76. The average molecular weight is 258 g/mol. The molecule has 0 aliphatic heterocycles.